The normalized spacial score (nSPS) is 11.0. The van der Waals surface area contributed by atoms with Gasteiger partial charge < -0.3 is 5.11 Å². The molecule has 10 heteroatoms. The molecule has 0 aliphatic rings. The molecule has 2 heterocycles. The van der Waals surface area contributed by atoms with Crippen molar-refractivity contribution in [3.8, 4) is 0 Å². The van der Waals surface area contributed by atoms with E-state index in [1.165, 1.54) is 11.0 Å². The minimum Gasteiger partial charge on any atom is -0.476 e. The second kappa shape index (κ2) is 5.69. The highest BCUT2D eigenvalue weighted by molar-refractivity contribution is 5.89. The van der Waals surface area contributed by atoms with Crippen molar-refractivity contribution in [2.24, 2.45) is 5.92 Å². The number of nitro groups is 1. The fourth-order valence-corrected chi connectivity index (χ4v) is 1.83. The second-order valence-electron chi connectivity index (χ2n) is 4.88. The zero-order valence-corrected chi connectivity index (χ0v) is 11.5. The Hall–Kier alpha value is -2.78. The van der Waals surface area contributed by atoms with Crippen molar-refractivity contribution in [3.63, 3.8) is 0 Å². The van der Waals surface area contributed by atoms with Crippen LogP contribution in [0.4, 0.5) is 5.69 Å². The van der Waals surface area contributed by atoms with Crippen molar-refractivity contribution >= 4 is 11.7 Å². The molecule has 2 aromatic rings. The summed E-state index contributed by atoms with van der Waals surface area (Å²) in [5.41, 5.74) is -1.13. The van der Waals surface area contributed by atoms with E-state index in [1.807, 2.05) is 13.8 Å². The molecule has 0 atom stereocenters. The van der Waals surface area contributed by atoms with Gasteiger partial charge in [-0.2, -0.15) is 10.2 Å². The molecule has 0 unspecified atom stereocenters. The zero-order chi connectivity index (χ0) is 15.6. The quantitative estimate of drug-likeness (QED) is 0.615. The highest BCUT2D eigenvalue weighted by Gasteiger charge is 2.25. The molecule has 21 heavy (non-hydrogen) atoms. The highest BCUT2D eigenvalue weighted by atomic mass is 16.6. The summed E-state index contributed by atoms with van der Waals surface area (Å²) in [5.74, 6) is -0.533. The number of carboxylic acid groups (broad SMARTS) is 1. The highest BCUT2D eigenvalue weighted by Crippen LogP contribution is 2.17. The van der Waals surface area contributed by atoms with Crippen LogP contribution in [0.15, 0.2) is 12.5 Å². The minimum atomic E-state index is -1.44. The lowest BCUT2D eigenvalue weighted by Gasteiger charge is -2.08. The molecular formula is C11H14N6O4. The van der Waals surface area contributed by atoms with Crippen LogP contribution in [-0.2, 0) is 13.1 Å². The maximum absolute atomic E-state index is 10.9. The molecule has 0 spiro atoms. The molecule has 2 rings (SSSR count). The maximum Gasteiger partial charge on any atom is 0.363 e. The summed E-state index contributed by atoms with van der Waals surface area (Å²) in [6.45, 7) is 4.80. The summed E-state index contributed by atoms with van der Waals surface area (Å²) < 4.78 is 2.85. The van der Waals surface area contributed by atoms with Crippen LogP contribution in [-0.4, -0.2) is 40.5 Å². The molecule has 0 aromatic carbocycles. The van der Waals surface area contributed by atoms with E-state index in [-0.39, 0.29) is 6.54 Å². The average molecular weight is 294 g/mol. The number of carboxylic acids is 1. The van der Waals surface area contributed by atoms with Crippen LogP contribution in [0, 0.1) is 16.0 Å². The molecule has 0 radical (unpaired) electrons. The minimum absolute atomic E-state index is 0.112. The van der Waals surface area contributed by atoms with E-state index < -0.39 is 22.3 Å². The summed E-state index contributed by atoms with van der Waals surface area (Å²) >= 11 is 0. The Bertz CT molecular complexity index is 643. The van der Waals surface area contributed by atoms with E-state index in [2.05, 4.69) is 15.2 Å². The van der Waals surface area contributed by atoms with E-state index in [4.69, 9.17) is 5.11 Å². The van der Waals surface area contributed by atoms with Crippen molar-refractivity contribution < 1.29 is 14.8 Å². The van der Waals surface area contributed by atoms with E-state index >= 15 is 0 Å². The predicted molar refractivity (Wildman–Crippen MR) is 69.8 cm³/mol. The number of carbonyl (C=O) groups is 1. The van der Waals surface area contributed by atoms with E-state index in [9.17, 15) is 14.9 Å². The number of nitrogens with zero attached hydrogens (tertiary/aromatic N) is 6. The Balaban J connectivity index is 2.28. The van der Waals surface area contributed by atoms with Gasteiger partial charge in [0.15, 0.2) is 0 Å². The van der Waals surface area contributed by atoms with Gasteiger partial charge in [-0.15, -0.1) is 0 Å². The van der Waals surface area contributed by atoms with Gasteiger partial charge in [0.25, 0.3) is 0 Å². The zero-order valence-electron chi connectivity index (χ0n) is 11.5. The molecule has 10 nitrogen and oxygen atoms in total. The Morgan fingerprint density at radius 3 is 2.76 bits per heavy atom. The van der Waals surface area contributed by atoms with Crippen LogP contribution in [0.2, 0.25) is 0 Å². The fourth-order valence-electron chi connectivity index (χ4n) is 1.83. The molecule has 1 N–H and O–H groups in total. The first-order valence-corrected chi connectivity index (χ1v) is 6.20. The third-order valence-electron chi connectivity index (χ3n) is 2.68. The molecule has 0 bridgehead atoms. The number of rotatable bonds is 6. The lowest BCUT2D eigenvalue weighted by Crippen LogP contribution is -2.14. The van der Waals surface area contributed by atoms with E-state index in [0.29, 0.717) is 18.3 Å². The largest absolute Gasteiger partial charge is 0.476 e. The van der Waals surface area contributed by atoms with Crippen molar-refractivity contribution in [3.05, 3.63) is 34.2 Å². The molecule has 2 aromatic heterocycles. The molecule has 0 saturated carbocycles. The molecule has 112 valence electrons. The van der Waals surface area contributed by atoms with Gasteiger partial charge in [-0.25, -0.2) is 14.5 Å². The Labute approximate surface area is 119 Å². The molecule has 0 saturated heterocycles. The Morgan fingerprint density at radius 2 is 2.24 bits per heavy atom. The van der Waals surface area contributed by atoms with Crippen molar-refractivity contribution in [1.82, 2.24) is 24.5 Å². The maximum atomic E-state index is 10.9. The molecule has 0 amide bonds. The second-order valence-corrected chi connectivity index (χ2v) is 4.88. The first kappa shape index (κ1) is 14.6. The predicted octanol–water partition coefficient (Wildman–Crippen LogP) is 0.785. The molecular weight excluding hydrogens is 280 g/mol. The fraction of sp³-hybridized carbons (Fsp3) is 0.455. The Kier molecular flexibility index (Phi) is 3.96. The van der Waals surface area contributed by atoms with Gasteiger partial charge in [-0.05, 0) is 5.92 Å². The summed E-state index contributed by atoms with van der Waals surface area (Å²) in [6.07, 6.45) is 2.46. The van der Waals surface area contributed by atoms with Gasteiger partial charge in [0, 0.05) is 6.54 Å². The molecule has 0 fully saturated rings. The van der Waals surface area contributed by atoms with Gasteiger partial charge in [0.1, 0.15) is 24.9 Å². The third kappa shape index (κ3) is 3.22. The van der Waals surface area contributed by atoms with Crippen molar-refractivity contribution in [2.45, 2.75) is 26.9 Å². The lowest BCUT2D eigenvalue weighted by atomic mass is 10.2. The average Bonchev–Trinajstić information content (AvgIpc) is 2.97. The van der Waals surface area contributed by atoms with Crippen LogP contribution in [0.1, 0.15) is 30.2 Å². The van der Waals surface area contributed by atoms with Gasteiger partial charge in [-0.3, -0.25) is 14.8 Å². The number of aromatic nitrogens is 5. The third-order valence-corrected chi connectivity index (χ3v) is 2.68. The van der Waals surface area contributed by atoms with Gasteiger partial charge >= 0.3 is 11.7 Å². The molecule has 0 aliphatic heterocycles. The van der Waals surface area contributed by atoms with Gasteiger partial charge in [0.2, 0.25) is 5.69 Å². The van der Waals surface area contributed by atoms with Gasteiger partial charge in [0.05, 0.1) is 4.92 Å². The number of aromatic carboxylic acids is 1. The van der Waals surface area contributed by atoms with Gasteiger partial charge in [-0.1, -0.05) is 13.8 Å². The van der Waals surface area contributed by atoms with Crippen LogP contribution in [0.3, 0.4) is 0 Å². The van der Waals surface area contributed by atoms with Crippen LogP contribution < -0.4 is 0 Å². The number of hydrogen-bond donors (Lipinski definition) is 1. The lowest BCUT2D eigenvalue weighted by molar-refractivity contribution is -0.385. The summed E-state index contributed by atoms with van der Waals surface area (Å²) in [7, 11) is 0. The number of hydrogen-bond acceptors (Lipinski definition) is 6. The van der Waals surface area contributed by atoms with Crippen molar-refractivity contribution in [1.29, 1.82) is 0 Å². The van der Waals surface area contributed by atoms with Crippen LogP contribution in [0.5, 0.6) is 0 Å². The monoisotopic (exact) mass is 294 g/mol. The van der Waals surface area contributed by atoms with E-state index in [1.54, 1.807) is 4.68 Å². The van der Waals surface area contributed by atoms with Crippen LogP contribution in [0.25, 0.3) is 0 Å². The van der Waals surface area contributed by atoms with Crippen LogP contribution >= 0.6 is 0 Å². The summed E-state index contributed by atoms with van der Waals surface area (Å²) in [6, 6.07) is 0. The first-order valence-electron chi connectivity index (χ1n) is 6.20. The van der Waals surface area contributed by atoms with E-state index in [0.717, 1.165) is 6.20 Å². The summed E-state index contributed by atoms with van der Waals surface area (Å²) in [4.78, 5) is 25.0. The first-order chi connectivity index (χ1) is 9.88. The van der Waals surface area contributed by atoms with Crippen molar-refractivity contribution in [2.75, 3.05) is 0 Å². The standard InChI is InChI=1S/C11H14N6O4/c1-7(2)3-16-9(12-6-13-16)5-15-4-8(17(20)21)10(14-15)11(18)19/h4,6-7H,3,5H2,1-2H3,(H,18,19). The summed E-state index contributed by atoms with van der Waals surface area (Å²) in [5, 5.41) is 27.5. The topological polar surface area (TPSA) is 129 Å². The SMILES string of the molecule is CC(C)Cn1ncnc1Cn1cc([N+](=O)[O-])c(C(=O)O)n1. The Morgan fingerprint density at radius 1 is 1.52 bits per heavy atom. The molecule has 0 aliphatic carbocycles. The smallest absolute Gasteiger partial charge is 0.363 e.